The van der Waals surface area contributed by atoms with Crippen molar-refractivity contribution in [3.05, 3.63) is 65.7 Å². The second-order valence-corrected chi connectivity index (χ2v) is 6.24. The maximum Gasteiger partial charge on any atom is 0.251 e. The molecular weight excluding hydrogens is 326 g/mol. The van der Waals surface area contributed by atoms with Gasteiger partial charge in [-0.15, -0.1) is 0 Å². The fourth-order valence-corrected chi connectivity index (χ4v) is 2.52. The second-order valence-electron chi connectivity index (χ2n) is 6.24. The average molecular weight is 353 g/mol. The molecular formula is C21H27N3O2. The van der Waals surface area contributed by atoms with Crippen molar-refractivity contribution in [1.82, 2.24) is 10.6 Å². The highest BCUT2D eigenvalue weighted by molar-refractivity contribution is 5.95. The lowest BCUT2D eigenvalue weighted by Crippen LogP contribution is -2.30. The highest BCUT2D eigenvalue weighted by Gasteiger charge is 2.11. The number of hydrogen-bond acceptors (Lipinski definition) is 3. The zero-order valence-corrected chi connectivity index (χ0v) is 15.4. The van der Waals surface area contributed by atoms with E-state index in [9.17, 15) is 9.59 Å². The topological polar surface area (TPSA) is 70.2 Å². The molecule has 0 saturated heterocycles. The largest absolute Gasteiger partial charge is 0.376 e. The minimum Gasteiger partial charge on any atom is -0.376 e. The molecule has 0 aliphatic carbocycles. The third-order valence-corrected chi connectivity index (χ3v) is 4.08. The summed E-state index contributed by atoms with van der Waals surface area (Å²) < 4.78 is 0. The van der Waals surface area contributed by atoms with Gasteiger partial charge in [0.25, 0.3) is 5.91 Å². The summed E-state index contributed by atoms with van der Waals surface area (Å²) in [4.78, 5) is 24.2. The lowest BCUT2D eigenvalue weighted by molar-refractivity contribution is -0.119. The Hall–Kier alpha value is -2.82. The SMILES string of the molecule is CCCCNC(=O)CNc1cccc(C(=O)NC(C)c2ccccc2)c1. The summed E-state index contributed by atoms with van der Waals surface area (Å²) in [6, 6.07) is 16.9. The molecule has 2 aromatic carbocycles. The van der Waals surface area contributed by atoms with Crippen LogP contribution in [0.25, 0.3) is 0 Å². The van der Waals surface area contributed by atoms with Crippen molar-refractivity contribution in [2.24, 2.45) is 0 Å². The molecule has 5 heteroatoms. The van der Waals surface area contributed by atoms with Crippen molar-refractivity contribution in [3.8, 4) is 0 Å². The minimum absolute atomic E-state index is 0.0500. The van der Waals surface area contributed by atoms with Gasteiger partial charge in [0.15, 0.2) is 0 Å². The molecule has 0 bridgehead atoms. The molecule has 2 amide bonds. The maximum atomic E-state index is 12.5. The number of rotatable bonds is 9. The molecule has 0 aromatic heterocycles. The highest BCUT2D eigenvalue weighted by atomic mass is 16.2. The van der Waals surface area contributed by atoms with E-state index in [1.54, 1.807) is 18.2 Å². The molecule has 5 nitrogen and oxygen atoms in total. The molecule has 138 valence electrons. The summed E-state index contributed by atoms with van der Waals surface area (Å²) >= 11 is 0. The number of unbranched alkanes of at least 4 members (excludes halogenated alkanes) is 1. The van der Waals surface area contributed by atoms with Crippen LogP contribution >= 0.6 is 0 Å². The van der Waals surface area contributed by atoms with Gasteiger partial charge in [0.2, 0.25) is 5.91 Å². The number of anilines is 1. The van der Waals surface area contributed by atoms with Gasteiger partial charge in [-0.3, -0.25) is 9.59 Å². The molecule has 0 heterocycles. The smallest absolute Gasteiger partial charge is 0.251 e. The Balaban J connectivity index is 1.89. The normalized spacial score (nSPS) is 11.5. The van der Waals surface area contributed by atoms with E-state index >= 15 is 0 Å². The van der Waals surface area contributed by atoms with Gasteiger partial charge in [0.05, 0.1) is 12.6 Å². The fourth-order valence-electron chi connectivity index (χ4n) is 2.52. The van der Waals surface area contributed by atoms with Gasteiger partial charge in [-0.2, -0.15) is 0 Å². The van der Waals surface area contributed by atoms with E-state index in [1.807, 2.05) is 43.3 Å². The predicted molar refractivity (Wildman–Crippen MR) is 105 cm³/mol. The standard InChI is InChI=1S/C21H27N3O2/c1-3-4-13-22-20(25)15-23-19-12-8-11-18(14-19)21(26)24-16(2)17-9-6-5-7-10-17/h5-12,14,16,23H,3-4,13,15H2,1-2H3,(H,22,25)(H,24,26). The van der Waals surface area contributed by atoms with E-state index in [2.05, 4.69) is 22.9 Å². The Bertz CT molecular complexity index is 716. The molecule has 2 aromatic rings. The number of carbonyl (C=O) groups excluding carboxylic acids is 2. The van der Waals surface area contributed by atoms with Gasteiger partial charge in [-0.05, 0) is 37.1 Å². The van der Waals surface area contributed by atoms with Crippen molar-refractivity contribution in [1.29, 1.82) is 0 Å². The van der Waals surface area contributed by atoms with Crippen molar-refractivity contribution in [3.63, 3.8) is 0 Å². The van der Waals surface area contributed by atoms with Crippen LogP contribution in [0.3, 0.4) is 0 Å². The average Bonchev–Trinajstić information content (AvgIpc) is 2.67. The molecule has 0 spiro atoms. The third-order valence-electron chi connectivity index (χ3n) is 4.08. The highest BCUT2D eigenvalue weighted by Crippen LogP contribution is 2.14. The van der Waals surface area contributed by atoms with Crippen LogP contribution in [0.1, 0.15) is 48.7 Å². The van der Waals surface area contributed by atoms with Crippen molar-refractivity contribution < 1.29 is 9.59 Å². The Morgan fingerprint density at radius 3 is 2.54 bits per heavy atom. The third kappa shape index (κ3) is 6.24. The first-order chi connectivity index (χ1) is 12.6. The first-order valence-electron chi connectivity index (χ1n) is 9.06. The van der Waals surface area contributed by atoms with E-state index in [1.165, 1.54) is 0 Å². The summed E-state index contributed by atoms with van der Waals surface area (Å²) in [6.45, 7) is 4.92. The van der Waals surface area contributed by atoms with Crippen LogP contribution in [0.4, 0.5) is 5.69 Å². The summed E-state index contributed by atoms with van der Waals surface area (Å²) in [5.41, 5.74) is 2.36. The quantitative estimate of drug-likeness (QED) is 0.604. The Kier molecular flexibility index (Phi) is 7.68. The number of hydrogen-bond donors (Lipinski definition) is 3. The van der Waals surface area contributed by atoms with Crippen molar-refractivity contribution >= 4 is 17.5 Å². The summed E-state index contributed by atoms with van der Waals surface area (Å²) in [5.74, 6) is -0.191. The van der Waals surface area contributed by atoms with Crippen LogP contribution in [0, 0.1) is 0 Å². The first-order valence-corrected chi connectivity index (χ1v) is 9.06. The lowest BCUT2D eigenvalue weighted by Gasteiger charge is -2.15. The molecule has 2 rings (SSSR count). The minimum atomic E-state index is -0.141. The second kappa shape index (κ2) is 10.2. The van der Waals surface area contributed by atoms with Crippen LogP contribution in [0.5, 0.6) is 0 Å². The van der Waals surface area contributed by atoms with E-state index in [0.717, 1.165) is 24.1 Å². The summed E-state index contributed by atoms with van der Waals surface area (Å²) in [7, 11) is 0. The maximum absolute atomic E-state index is 12.5. The molecule has 1 unspecified atom stereocenters. The van der Waals surface area contributed by atoms with E-state index < -0.39 is 0 Å². The van der Waals surface area contributed by atoms with Gasteiger partial charge >= 0.3 is 0 Å². The summed E-state index contributed by atoms with van der Waals surface area (Å²) in [6.07, 6.45) is 2.02. The molecule has 0 fully saturated rings. The van der Waals surface area contributed by atoms with Crippen LogP contribution in [0.2, 0.25) is 0 Å². The van der Waals surface area contributed by atoms with Crippen LogP contribution in [-0.2, 0) is 4.79 Å². The number of benzene rings is 2. The molecule has 0 aliphatic rings. The zero-order chi connectivity index (χ0) is 18.8. The number of carbonyl (C=O) groups is 2. The van der Waals surface area contributed by atoms with Gasteiger partial charge in [-0.1, -0.05) is 49.7 Å². The van der Waals surface area contributed by atoms with E-state index in [0.29, 0.717) is 12.1 Å². The molecule has 1 atom stereocenters. The molecule has 0 aliphatic heterocycles. The molecule has 0 saturated carbocycles. The lowest BCUT2D eigenvalue weighted by atomic mass is 10.1. The molecule has 0 radical (unpaired) electrons. The summed E-state index contributed by atoms with van der Waals surface area (Å²) in [5, 5.41) is 8.91. The van der Waals surface area contributed by atoms with Crippen molar-refractivity contribution in [2.45, 2.75) is 32.7 Å². The van der Waals surface area contributed by atoms with Crippen LogP contribution in [0.15, 0.2) is 54.6 Å². The Labute approximate surface area is 155 Å². The van der Waals surface area contributed by atoms with E-state index in [4.69, 9.17) is 0 Å². The van der Waals surface area contributed by atoms with Crippen molar-refractivity contribution in [2.75, 3.05) is 18.4 Å². The monoisotopic (exact) mass is 353 g/mol. The Morgan fingerprint density at radius 2 is 1.81 bits per heavy atom. The fraction of sp³-hybridized carbons (Fsp3) is 0.333. The molecule has 3 N–H and O–H groups in total. The Morgan fingerprint density at radius 1 is 1.04 bits per heavy atom. The van der Waals surface area contributed by atoms with Gasteiger partial charge in [0.1, 0.15) is 0 Å². The predicted octanol–water partition coefficient (Wildman–Crippen LogP) is 3.51. The van der Waals surface area contributed by atoms with Gasteiger partial charge in [-0.25, -0.2) is 0 Å². The molecule has 26 heavy (non-hydrogen) atoms. The van der Waals surface area contributed by atoms with Crippen LogP contribution < -0.4 is 16.0 Å². The number of amides is 2. The zero-order valence-electron chi connectivity index (χ0n) is 15.4. The number of nitrogens with one attached hydrogen (secondary N) is 3. The van der Waals surface area contributed by atoms with Crippen LogP contribution in [-0.4, -0.2) is 24.9 Å². The van der Waals surface area contributed by atoms with Gasteiger partial charge in [0, 0.05) is 17.8 Å². The van der Waals surface area contributed by atoms with Gasteiger partial charge < -0.3 is 16.0 Å². The first kappa shape index (κ1) is 19.5. The van der Waals surface area contributed by atoms with E-state index in [-0.39, 0.29) is 24.4 Å².